The van der Waals surface area contributed by atoms with E-state index in [0.717, 1.165) is 24.0 Å². The van der Waals surface area contributed by atoms with Crippen LogP contribution in [-0.2, 0) is 11.0 Å². The molecule has 1 aromatic heterocycles. The molecule has 0 atom stereocenters. The lowest BCUT2D eigenvalue weighted by Gasteiger charge is -2.25. The monoisotopic (exact) mass is 276 g/mol. The molecule has 0 saturated carbocycles. The number of aromatic nitrogens is 1. The van der Waals surface area contributed by atoms with E-state index in [1.54, 1.807) is 4.98 Å². The number of alkyl halides is 3. The van der Waals surface area contributed by atoms with Crippen LogP contribution in [0.5, 0.6) is 0 Å². The molecule has 1 aliphatic heterocycles. The van der Waals surface area contributed by atoms with Crippen molar-refractivity contribution >= 4 is 5.91 Å². The number of H-pyrrole nitrogens is 1. The standard InChI is InChI=1S/C11H11F3N2O3/c12-11(13,14)8-4-3-7(9(17)15-8)10(18)16-5-1-2-6-19-16/h3-4H,1-2,5-6H2,(H,15,17). The number of hydrogen-bond donors (Lipinski definition) is 1. The van der Waals surface area contributed by atoms with Gasteiger partial charge >= 0.3 is 6.18 Å². The third-order valence-electron chi connectivity index (χ3n) is 2.67. The first-order valence-corrected chi connectivity index (χ1v) is 5.65. The lowest BCUT2D eigenvalue weighted by molar-refractivity contribution is -0.144. The molecule has 1 N–H and O–H groups in total. The summed E-state index contributed by atoms with van der Waals surface area (Å²) in [5.41, 5.74) is -2.63. The van der Waals surface area contributed by atoms with Crippen LogP contribution >= 0.6 is 0 Å². The Balaban J connectivity index is 2.26. The average Bonchev–Trinajstić information content (AvgIpc) is 2.38. The SMILES string of the molecule is O=C(c1ccc(C(F)(F)F)[nH]c1=O)N1CCCCO1. The number of carbonyl (C=O) groups is 1. The molecule has 2 heterocycles. The van der Waals surface area contributed by atoms with Gasteiger partial charge in [-0.2, -0.15) is 13.2 Å². The second kappa shape index (κ2) is 5.04. The van der Waals surface area contributed by atoms with Gasteiger partial charge in [-0.15, -0.1) is 0 Å². The summed E-state index contributed by atoms with van der Waals surface area (Å²) in [5, 5.41) is 1.00. The van der Waals surface area contributed by atoms with Gasteiger partial charge in [0.2, 0.25) is 0 Å². The van der Waals surface area contributed by atoms with Gasteiger partial charge in [-0.3, -0.25) is 14.4 Å². The fourth-order valence-corrected chi connectivity index (χ4v) is 1.70. The molecule has 0 bridgehead atoms. The van der Waals surface area contributed by atoms with Crippen molar-refractivity contribution in [1.29, 1.82) is 0 Å². The second-order valence-corrected chi connectivity index (χ2v) is 4.06. The third-order valence-corrected chi connectivity index (χ3v) is 2.67. The van der Waals surface area contributed by atoms with Gasteiger partial charge in [0.05, 0.1) is 6.61 Å². The number of nitrogens with zero attached hydrogens (tertiary/aromatic N) is 1. The van der Waals surface area contributed by atoms with Gasteiger partial charge in [-0.1, -0.05) is 0 Å². The van der Waals surface area contributed by atoms with E-state index in [-0.39, 0.29) is 5.56 Å². The van der Waals surface area contributed by atoms with Crippen molar-refractivity contribution in [2.75, 3.05) is 13.2 Å². The maximum absolute atomic E-state index is 12.4. The van der Waals surface area contributed by atoms with Gasteiger partial charge in [0.15, 0.2) is 0 Å². The van der Waals surface area contributed by atoms with Gasteiger partial charge in [-0.05, 0) is 25.0 Å². The normalized spacial score (nSPS) is 16.5. The molecule has 104 valence electrons. The molecule has 2 rings (SSSR count). The van der Waals surface area contributed by atoms with Crippen LogP contribution in [0.25, 0.3) is 0 Å². The van der Waals surface area contributed by atoms with Gasteiger partial charge in [0.25, 0.3) is 11.5 Å². The number of amides is 1. The van der Waals surface area contributed by atoms with E-state index in [1.807, 2.05) is 0 Å². The summed E-state index contributed by atoms with van der Waals surface area (Å²) < 4.78 is 37.1. The van der Waals surface area contributed by atoms with Crippen molar-refractivity contribution in [3.63, 3.8) is 0 Å². The molecule has 1 fully saturated rings. The van der Waals surface area contributed by atoms with Crippen molar-refractivity contribution in [2.24, 2.45) is 0 Å². The van der Waals surface area contributed by atoms with E-state index in [4.69, 9.17) is 4.84 Å². The maximum Gasteiger partial charge on any atom is 0.431 e. The zero-order valence-electron chi connectivity index (χ0n) is 9.79. The molecule has 1 aliphatic rings. The topological polar surface area (TPSA) is 62.4 Å². The number of hydroxylamine groups is 2. The molecule has 0 unspecified atom stereocenters. The number of carbonyl (C=O) groups excluding carboxylic acids is 1. The van der Waals surface area contributed by atoms with Crippen LogP contribution in [0.1, 0.15) is 28.9 Å². The van der Waals surface area contributed by atoms with Crippen LogP contribution in [0.2, 0.25) is 0 Å². The van der Waals surface area contributed by atoms with Crippen molar-refractivity contribution < 1.29 is 22.8 Å². The van der Waals surface area contributed by atoms with E-state index in [1.165, 1.54) is 0 Å². The highest BCUT2D eigenvalue weighted by molar-refractivity contribution is 5.93. The predicted octanol–water partition coefficient (Wildman–Crippen LogP) is 1.56. The Bertz CT molecular complexity index is 533. The van der Waals surface area contributed by atoms with Crippen LogP contribution in [0.4, 0.5) is 13.2 Å². The Morgan fingerprint density at radius 1 is 1.32 bits per heavy atom. The van der Waals surface area contributed by atoms with E-state index in [9.17, 15) is 22.8 Å². The van der Waals surface area contributed by atoms with Crippen molar-refractivity contribution in [2.45, 2.75) is 19.0 Å². The highest BCUT2D eigenvalue weighted by Crippen LogP contribution is 2.26. The predicted molar refractivity (Wildman–Crippen MR) is 58.3 cm³/mol. The zero-order valence-corrected chi connectivity index (χ0v) is 9.79. The van der Waals surface area contributed by atoms with E-state index >= 15 is 0 Å². The summed E-state index contributed by atoms with van der Waals surface area (Å²) in [4.78, 5) is 30.1. The summed E-state index contributed by atoms with van der Waals surface area (Å²) in [7, 11) is 0. The van der Waals surface area contributed by atoms with Crippen molar-refractivity contribution in [1.82, 2.24) is 10.0 Å². The van der Waals surface area contributed by atoms with Crippen LogP contribution in [-0.4, -0.2) is 29.1 Å². The number of hydrogen-bond acceptors (Lipinski definition) is 3. The summed E-state index contributed by atoms with van der Waals surface area (Å²) in [6.07, 6.45) is -3.13. The quantitative estimate of drug-likeness (QED) is 0.846. The lowest BCUT2D eigenvalue weighted by Crippen LogP contribution is -2.38. The van der Waals surface area contributed by atoms with Crippen LogP contribution < -0.4 is 5.56 Å². The highest BCUT2D eigenvalue weighted by atomic mass is 19.4. The minimum atomic E-state index is -4.65. The summed E-state index contributed by atoms with van der Waals surface area (Å²) >= 11 is 0. The third kappa shape index (κ3) is 2.95. The molecule has 1 saturated heterocycles. The number of halogens is 3. The number of nitrogens with one attached hydrogen (secondary N) is 1. The molecule has 0 aliphatic carbocycles. The Hall–Kier alpha value is -1.83. The van der Waals surface area contributed by atoms with E-state index < -0.39 is 23.3 Å². The fraction of sp³-hybridized carbons (Fsp3) is 0.455. The van der Waals surface area contributed by atoms with Crippen molar-refractivity contribution in [3.05, 3.63) is 33.7 Å². The van der Waals surface area contributed by atoms with Gasteiger partial charge in [0, 0.05) is 6.54 Å². The zero-order chi connectivity index (χ0) is 14.0. The second-order valence-electron chi connectivity index (χ2n) is 4.06. The molecule has 5 nitrogen and oxygen atoms in total. The Morgan fingerprint density at radius 3 is 2.58 bits per heavy atom. The Labute approximate surface area is 105 Å². The number of pyridine rings is 1. The van der Waals surface area contributed by atoms with Crippen LogP contribution in [0, 0.1) is 0 Å². The molecule has 8 heteroatoms. The van der Waals surface area contributed by atoms with E-state index in [2.05, 4.69) is 0 Å². The summed E-state index contributed by atoms with van der Waals surface area (Å²) in [6.45, 7) is 0.670. The molecular formula is C11H11F3N2O3. The Morgan fingerprint density at radius 2 is 2.05 bits per heavy atom. The van der Waals surface area contributed by atoms with Gasteiger partial charge in [-0.25, -0.2) is 5.06 Å². The summed E-state index contributed by atoms with van der Waals surface area (Å²) in [6, 6.07) is 1.53. The maximum atomic E-state index is 12.4. The first-order chi connectivity index (χ1) is 8.89. The fourth-order valence-electron chi connectivity index (χ4n) is 1.70. The first-order valence-electron chi connectivity index (χ1n) is 5.65. The molecule has 1 amide bonds. The van der Waals surface area contributed by atoms with Gasteiger partial charge < -0.3 is 4.98 Å². The van der Waals surface area contributed by atoms with Gasteiger partial charge in [0.1, 0.15) is 11.3 Å². The first kappa shape index (κ1) is 13.6. The molecule has 0 spiro atoms. The number of aromatic amines is 1. The number of rotatable bonds is 1. The highest BCUT2D eigenvalue weighted by Gasteiger charge is 2.32. The molecule has 1 aromatic rings. The summed E-state index contributed by atoms with van der Waals surface area (Å²) in [5.74, 6) is -0.727. The lowest BCUT2D eigenvalue weighted by atomic mass is 10.2. The van der Waals surface area contributed by atoms with Crippen LogP contribution in [0.15, 0.2) is 16.9 Å². The molecular weight excluding hydrogens is 265 g/mol. The smallest absolute Gasteiger partial charge is 0.318 e. The Kier molecular flexibility index (Phi) is 3.61. The molecule has 0 aromatic carbocycles. The molecule has 0 radical (unpaired) electrons. The van der Waals surface area contributed by atoms with E-state index in [0.29, 0.717) is 19.2 Å². The minimum Gasteiger partial charge on any atom is -0.318 e. The average molecular weight is 276 g/mol. The minimum absolute atomic E-state index is 0.319. The van der Waals surface area contributed by atoms with Crippen LogP contribution in [0.3, 0.4) is 0 Å². The van der Waals surface area contributed by atoms with Crippen molar-refractivity contribution in [3.8, 4) is 0 Å². The molecule has 19 heavy (non-hydrogen) atoms. The largest absolute Gasteiger partial charge is 0.431 e.